The predicted molar refractivity (Wildman–Crippen MR) is 123 cm³/mol. The van der Waals surface area contributed by atoms with Gasteiger partial charge in [0, 0.05) is 32.2 Å². The molecule has 0 amide bonds. The van der Waals surface area contributed by atoms with E-state index in [2.05, 4.69) is 44.8 Å². The Bertz CT molecular complexity index is 807. The van der Waals surface area contributed by atoms with E-state index < -0.39 is 11.4 Å². The first-order chi connectivity index (χ1) is 14.4. The van der Waals surface area contributed by atoms with Crippen LogP contribution in [0, 0.1) is 23.2 Å². The maximum Gasteiger partial charge on any atom is 0.341 e. The summed E-state index contributed by atoms with van der Waals surface area (Å²) in [6, 6.07) is 4.39. The molecule has 0 N–H and O–H groups in total. The fourth-order valence-corrected chi connectivity index (χ4v) is 5.64. The second kappa shape index (κ2) is 8.17. The molecule has 1 aromatic rings. The van der Waals surface area contributed by atoms with Crippen LogP contribution in [0.3, 0.4) is 0 Å². The first kappa shape index (κ1) is 22.8. The Hall–Kier alpha value is -1.42. The van der Waals surface area contributed by atoms with Crippen LogP contribution < -0.4 is 0 Å². The molecule has 0 aromatic carbocycles. The van der Waals surface area contributed by atoms with Crippen LogP contribution in [0.1, 0.15) is 104 Å². The van der Waals surface area contributed by atoms with Gasteiger partial charge in [-0.3, -0.25) is 4.98 Å². The Morgan fingerprint density at radius 1 is 1.26 bits per heavy atom. The molecule has 0 spiro atoms. The fourth-order valence-electron chi connectivity index (χ4n) is 5.64. The summed E-state index contributed by atoms with van der Waals surface area (Å²) in [5.74, 6) is 1.92. The molecule has 172 valence electrons. The van der Waals surface area contributed by atoms with Gasteiger partial charge in [0.25, 0.3) is 0 Å². The van der Waals surface area contributed by atoms with Gasteiger partial charge in [0.15, 0.2) is 5.60 Å². The lowest BCUT2D eigenvalue weighted by molar-refractivity contribution is -0.167. The zero-order chi connectivity index (χ0) is 22.4. The average molecular weight is 428 g/mol. The summed E-state index contributed by atoms with van der Waals surface area (Å²) < 4.78 is 12.0. The SMILES string of the molecule is CC(CC[C@]1(Cc2cc([C@H]3C[C@@H]3CC3CC3)ccn2)OC(C)(C)OC1=O)CC(C)(C)C. The number of pyridine rings is 1. The van der Waals surface area contributed by atoms with Crippen molar-refractivity contribution in [3.8, 4) is 0 Å². The molecule has 1 aliphatic heterocycles. The topological polar surface area (TPSA) is 48.4 Å². The third-order valence-corrected chi connectivity index (χ3v) is 7.14. The second-order valence-corrected chi connectivity index (χ2v) is 12.3. The van der Waals surface area contributed by atoms with Gasteiger partial charge in [0.2, 0.25) is 5.79 Å². The molecule has 31 heavy (non-hydrogen) atoms. The summed E-state index contributed by atoms with van der Waals surface area (Å²) >= 11 is 0. The minimum Gasteiger partial charge on any atom is -0.431 e. The van der Waals surface area contributed by atoms with Crippen LogP contribution in [-0.4, -0.2) is 22.3 Å². The third kappa shape index (κ3) is 5.88. The number of hydrogen-bond donors (Lipinski definition) is 0. The molecule has 0 bridgehead atoms. The molecule has 4 atom stereocenters. The lowest BCUT2D eigenvalue weighted by atomic mass is 9.81. The molecule has 1 aromatic heterocycles. The molecule has 3 fully saturated rings. The van der Waals surface area contributed by atoms with Gasteiger partial charge >= 0.3 is 5.97 Å². The zero-order valence-corrected chi connectivity index (χ0v) is 20.4. The number of cyclic esters (lactones) is 1. The largest absolute Gasteiger partial charge is 0.431 e. The molecule has 2 heterocycles. The highest BCUT2D eigenvalue weighted by Crippen LogP contribution is 2.54. The van der Waals surface area contributed by atoms with Gasteiger partial charge in [0.1, 0.15) is 0 Å². The van der Waals surface area contributed by atoms with Gasteiger partial charge < -0.3 is 9.47 Å². The van der Waals surface area contributed by atoms with E-state index in [0.717, 1.165) is 30.4 Å². The monoisotopic (exact) mass is 427 g/mol. The number of hydrogen-bond acceptors (Lipinski definition) is 4. The van der Waals surface area contributed by atoms with Gasteiger partial charge in [-0.15, -0.1) is 0 Å². The molecular weight excluding hydrogens is 386 g/mol. The molecule has 1 unspecified atom stereocenters. The zero-order valence-electron chi connectivity index (χ0n) is 20.4. The first-order valence-corrected chi connectivity index (χ1v) is 12.3. The normalized spacial score (nSPS) is 30.8. The molecule has 1 saturated heterocycles. The van der Waals surface area contributed by atoms with Gasteiger partial charge in [0.05, 0.1) is 0 Å². The van der Waals surface area contributed by atoms with Crippen LogP contribution in [-0.2, 0) is 20.7 Å². The van der Waals surface area contributed by atoms with Gasteiger partial charge in [-0.1, -0.05) is 40.5 Å². The van der Waals surface area contributed by atoms with Crippen molar-refractivity contribution < 1.29 is 14.3 Å². The van der Waals surface area contributed by atoms with Gasteiger partial charge in [-0.2, -0.15) is 0 Å². The van der Waals surface area contributed by atoms with Crippen LogP contribution >= 0.6 is 0 Å². The van der Waals surface area contributed by atoms with E-state index in [1.165, 1.54) is 31.2 Å². The minimum atomic E-state index is -0.932. The molecule has 4 nitrogen and oxygen atoms in total. The average Bonchev–Trinajstić information content (AvgIpc) is 3.55. The first-order valence-electron chi connectivity index (χ1n) is 12.3. The maximum absolute atomic E-state index is 13.1. The van der Waals surface area contributed by atoms with Crippen molar-refractivity contribution in [1.82, 2.24) is 4.98 Å². The lowest BCUT2D eigenvalue weighted by Crippen LogP contribution is -2.40. The van der Waals surface area contributed by atoms with E-state index in [1.54, 1.807) is 0 Å². The van der Waals surface area contributed by atoms with Crippen LogP contribution in [0.4, 0.5) is 0 Å². The Balaban J connectivity index is 1.46. The van der Waals surface area contributed by atoms with Crippen molar-refractivity contribution in [1.29, 1.82) is 0 Å². The third-order valence-electron chi connectivity index (χ3n) is 7.14. The van der Waals surface area contributed by atoms with Crippen molar-refractivity contribution in [2.24, 2.45) is 23.2 Å². The molecule has 2 saturated carbocycles. The summed E-state index contributed by atoms with van der Waals surface area (Å²) in [6.45, 7) is 12.8. The molecule has 0 radical (unpaired) electrons. The smallest absolute Gasteiger partial charge is 0.341 e. The highest BCUT2D eigenvalue weighted by molar-refractivity contribution is 5.82. The van der Waals surface area contributed by atoms with E-state index in [4.69, 9.17) is 9.47 Å². The van der Waals surface area contributed by atoms with Crippen molar-refractivity contribution >= 4 is 5.97 Å². The number of ether oxygens (including phenoxy) is 2. The number of esters is 1. The van der Waals surface area contributed by atoms with Crippen LogP contribution in [0.5, 0.6) is 0 Å². The van der Waals surface area contributed by atoms with E-state index >= 15 is 0 Å². The van der Waals surface area contributed by atoms with E-state index in [1.807, 2.05) is 20.0 Å². The summed E-state index contributed by atoms with van der Waals surface area (Å²) in [5, 5.41) is 0. The number of nitrogens with zero attached hydrogens (tertiary/aromatic N) is 1. The highest BCUT2D eigenvalue weighted by Gasteiger charge is 2.54. The molecule has 4 rings (SSSR count). The summed E-state index contributed by atoms with van der Waals surface area (Å²) in [4.78, 5) is 17.7. The fraction of sp³-hybridized carbons (Fsp3) is 0.778. The van der Waals surface area contributed by atoms with E-state index in [-0.39, 0.29) is 11.4 Å². The predicted octanol–water partition coefficient (Wildman–Crippen LogP) is 6.43. The molecule has 3 aliphatic rings. The summed E-state index contributed by atoms with van der Waals surface area (Å²) in [7, 11) is 0. The Morgan fingerprint density at radius 3 is 2.61 bits per heavy atom. The summed E-state index contributed by atoms with van der Waals surface area (Å²) in [6.07, 6.45) is 10.7. The van der Waals surface area contributed by atoms with E-state index in [9.17, 15) is 4.79 Å². The maximum atomic E-state index is 13.1. The number of carbonyl (C=O) groups is 1. The Kier molecular flexibility index (Phi) is 6.00. The van der Waals surface area contributed by atoms with Crippen molar-refractivity contribution in [2.75, 3.05) is 0 Å². The number of rotatable bonds is 9. The Labute approximate surface area is 188 Å². The van der Waals surface area contributed by atoms with Gasteiger partial charge in [-0.25, -0.2) is 4.79 Å². The molecule has 4 heteroatoms. The van der Waals surface area contributed by atoms with Crippen molar-refractivity contribution in [3.05, 3.63) is 29.6 Å². The quantitative estimate of drug-likeness (QED) is 0.426. The van der Waals surface area contributed by atoms with Crippen LogP contribution in [0.25, 0.3) is 0 Å². The summed E-state index contributed by atoms with van der Waals surface area (Å²) in [5.41, 5.74) is 1.68. The standard InChI is InChI=1S/C27H41NO3/c1-18(16-25(2,3)4)9-11-27(24(29)30-26(5,6)31-27)17-22-14-20(10-12-28-22)23-15-21(23)13-19-7-8-19/h10,12,14,18-19,21,23H,7-9,11,13,15-17H2,1-6H3/t18?,21-,23+,27+/m0/s1. The van der Waals surface area contributed by atoms with Crippen LogP contribution in [0.2, 0.25) is 0 Å². The number of aromatic nitrogens is 1. The minimum absolute atomic E-state index is 0.231. The number of carbonyl (C=O) groups excluding carboxylic acids is 1. The molecule has 2 aliphatic carbocycles. The van der Waals surface area contributed by atoms with Crippen molar-refractivity contribution in [2.45, 2.75) is 110 Å². The molecular formula is C27H41NO3. The van der Waals surface area contributed by atoms with Crippen LogP contribution in [0.15, 0.2) is 18.3 Å². The Morgan fingerprint density at radius 2 is 2.00 bits per heavy atom. The van der Waals surface area contributed by atoms with Crippen molar-refractivity contribution in [3.63, 3.8) is 0 Å². The van der Waals surface area contributed by atoms with E-state index in [0.29, 0.717) is 24.7 Å². The second-order valence-electron chi connectivity index (χ2n) is 12.3. The lowest BCUT2D eigenvalue weighted by Gasteiger charge is -2.29. The van der Waals surface area contributed by atoms with Gasteiger partial charge in [-0.05, 0) is 78.9 Å². The highest BCUT2D eigenvalue weighted by atomic mass is 16.8.